The summed E-state index contributed by atoms with van der Waals surface area (Å²) in [6.45, 7) is 2.84. The van der Waals surface area contributed by atoms with Crippen LogP contribution in [0.2, 0.25) is 0 Å². The number of H-pyrrole nitrogens is 1. The zero-order valence-corrected chi connectivity index (χ0v) is 13.1. The van der Waals surface area contributed by atoms with Gasteiger partial charge in [0, 0.05) is 30.4 Å². The van der Waals surface area contributed by atoms with Crippen molar-refractivity contribution in [2.45, 2.75) is 32.4 Å². The Balaban J connectivity index is 2.19. The molecule has 3 amide bonds. The molecule has 1 aromatic carbocycles. The second-order valence-corrected chi connectivity index (χ2v) is 5.45. The van der Waals surface area contributed by atoms with E-state index in [0.717, 1.165) is 16.5 Å². The fourth-order valence-corrected chi connectivity index (χ4v) is 2.36. The fraction of sp³-hybridized carbons (Fsp3) is 0.312. The topological polar surface area (TPSA) is 117 Å². The van der Waals surface area contributed by atoms with Crippen LogP contribution in [0.5, 0.6) is 0 Å². The molecule has 1 aromatic heterocycles. The predicted molar refractivity (Wildman–Crippen MR) is 86.4 cm³/mol. The summed E-state index contributed by atoms with van der Waals surface area (Å²) in [6, 6.07) is 6.10. The highest BCUT2D eigenvalue weighted by Gasteiger charge is 2.23. The van der Waals surface area contributed by atoms with Gasteiger partial charge in [-0.1, -0.05) is 18.2 Å². The maximum absolute atomic E-state index is 12.3. The number of benzene rings is 1. The zero-order valence-electron chi connectivity index (χ0n) is 13.1. The number of hydrogen-bond acceptors (Lipinski definition) is 3. The molecule has 7 heteroatoms. The molecule has 0 saturated heterocycles. The number of aromatic nitrogens is 1. The molecule has 7 nitrogen and oxygen atoms in total. The quantitative estimate of drug-likeness (QED) is 0.610. The van der Waals surface area contributed by atoms with Gasteiger partial charge in [0.15, 0.2) is 0 Å². The van der Waals surface area contributed by atoms with Crippen LogP contribution in [0.4, 0.5) is 0 Å². The second-order valence-electron chi connectivity index (χ2n) is 5.45. The van der Waals surface area contributed by atoms with Crippen molar-refractivity contribution in [2.24, 2.45) is 5.73 Å². The summed E-state index contributed by atoms with van der Waals surface area (Å²) in [5, 5.41) is 6.10. The summed E-state index contributed by atoms with van der Waals surface area (Å²) in [6.07, 6.45) is 2.12. The van der Waals surface area contributed by atoms with Crippen LogP contribution in [-0.4, -0.2) is 34.8 Å². The molecule has 1 heterocycles. The van der Waals surface area contributed by atoms with Crippen molar-refractivity contribution in [1.82, 2.24) is 15.6 Å². The lowest BCUT2D eigenvalue weighted by molar-refractivity contribution is -0.130. The zero-order chi connectivity index (χ0) is 17.0. The summed E-state index contributed by atoms with van der Waals surface area (Å²) in [5.74, 6) is -1.40. The Morgan fingerprint density at radius 2 is 1.91 bits per heavy atom. The minimum Gasteiger partial charge on any atom is -0.368 e. The molecule has 0 aliphatic heterocycles. The Morgan fingerprint density at radius 3 is 2.57 bits per heavy atom. The van der Waals surface area contributed by atoms with Crippen molar-refractivity contribution in [3.05, 3.63) is 36.0 Å². The maximum Gasteiger partial charge on any atom is 0.243 e. The summed E-state index contributed by atoms with van der Waals surface area (Å²) < 4.78 is 0. The van der Waals surface area contributed by atoms with Crippen molar-refractivity contribution in [1.29, 1.82) is 0 Å². The van der Waals surface area contributed by atoms with Gasteiger partial charge in [-0.3, -0.25) is 14.4 Å². The molecule has 122 valence electrons. The number of carbonyl (C=O) groups is 3. The van der Waals surface area contributed by atoms with Crippen molar-refractivity contribution in [3.63, 3.8) is 0 Å². The number of nitrogens with two attached hydrogens (primary N) is 1. The number of rotatable bonds is 6. The normalized spacial score (nSPS) is 13.3. The maximum atomic E-state index is 12.3. The minimum atomic E-state index is -0.804. The molecule has 5 N–H and O–H groups in total. The highest BCUT2D eigenvalue weighted by Crippen LogP contribution is 2.19. The lowest BCUT2D eigenvalue weighted by atomic mass is 10.0. The summed E-state index contributed by atoms with van der Waals surface area (Å²) in [4.78, 5) is 37.9. The van der Waals surface area contributed by atoms with E-state index in [0.29, 0.717) is 6.42 Å². The van der Waals surface area contributed by atoms with Crippen molar-refractivity contribution in [2.75, 3.05) is 0 Å². The summed E-state index contributed by atoms with van der Waals surface area (Å²) >= 11 is 0. The van der Waals surface area contributed by atoms with E-state index in [1.54, 1.807) is 0 Å². The Morgan fingerprint density at radius 1 is 1.22 bits per heavy atom. The molecular weight excluding hydrogens is 296 g/mol. The Kier molecular flexibility index (Phi) is 5.00. The van der Waals surface area contributed by atoms with Gasteiger partial charge in [0.1, 0.15) is 12.1 Å². The first kappa shape index (κ1) is 16.5. The highest BCUT2D eigenvalue weighted by molar-refractivity contribution is 5.92. The Hall–Kier alpha value is -2.83. The number of carbonyl (C=O) groups excluding carboxylic acids is 3. The van der Waals surface area contributed by atoms with Gasteiger partial charge in [-0.15, -0.1) is 0 Å². The van der Waals surface area contributed by atoms with Crippen LogP contribution in [0.25, 0.3) is 10.9 Å². The van der Waals surface area contributed by atoms with Gasteiger partial charge in [-0.25, -0.2) is 0 Å². The minimum absolute atomic E-state index is 0.306. The first-order valence-electron chi connectivity index (χ1n) is 7.30. The number of amides is 3. The molecule has 0 bridgehead atoms. The number of para-hydroxylation sites is 1. The summed E-state index contributed by atoms with van der Waals surface area (Å²) in [5.41, 5.74) is 7.01. The number of hydrogen-bond donors (Lipinski definition) is 4. The van der Waals surface area contributed by atoms with E-state index in [2.05, 4.69) is 15.6 Å². The van der Waals surface area contributed by atoms with Crippen molar-refractivity contribution < 1.29 is 14.4 Å². The SMILES string of the molecule is CC(=O)N[C@@H](Cc1c[nH]c2ccccc12)C(=O)N[C@@H](C)C(N)=O. The number of primary amides is 1. The van der Waals surface area contributed by atoms with Crippen LogP contribution >= 0.6 is 0 Å². The average molecular weight is 316 g/mol. The molecule has 2 atom stereocenters. The van der Waals surface area contributed by atoms with Crippen LogP contribution in [-0.2, 0) is 20.8 Å². The lowest BCUT2D eigenvalue weighted by Crippen LogP contribution is -2.52. The molecule has 0 fully saturated rings. The molecule has 0 radical (unpaired) electrons. The van der Waals surface area contributed by atoms with Crippen LogP contribution in [0.15, 0.2) is 30.5 Å². The largest absolute Gasteiger partial charge is 0.368 e. The monoisotopic (exact) mass is 316 g/mol. The third-order valence-electron chi connectivity index (χ3n) is 3.58. The molecule has 0 aliphatic rings. The van der Waals surface area contributed by atoms with Crippen molar-refractivity contribution >= 4 is 28.6 Å². The second kappa shape index (κ2) is 6.95. The predicted octanol–water partition coefficient (Wildman–Crippen LogP) is 0.205. The Labute approximate surface area is 133 Å². The van der Waals surface area contributed by atoms with Gasteiger partial charge in [0.25, 0.3) is 0 Å². The molecule has 23 heavy (non-hydrogen) atoms. The van der Waals surface area contributed by atoms with Gasteiger partial charge in [0.2, 0.25) is 17.7 Å². The standard InChI is InChI=1S/C16H20N4O3/c1-9(15(17)22)19-16(23)14(20-10(2)21)7-11-8-18-13-6-4-3-5-12(11)13/h3-6,8-9,14,18H,7H2,1-2H3,(H2,17,22)(H,19,23)(H,20,21)/t9-,14-/m0/s1. The molecular formula is C16H20N4O3. The van der Waals surface area contributed by atoms with E-state index in [1.165, 1.54) is 13.8 Å². The van der Waals surface area contributed by atoms with Crippen LogP contribution < -0.4 is 16.4 Å². The molecule has 0 saturated carbocycles. The van der Waals surface area contributed by atoms with E-state index in [4.69, 9.17) is 5.73 Å². The highest BCUT2D eigenvalue weighted by atomic mass is 16.2. The van der Waals surface area contributed by atoms with E-state index < -0.39 is 23.9 Å². The van der Waals surface area contributed by atoms with Gasteiger partial charge >= 0.3 is 0 Å². The lowest BCUT2D eigenvalue weighted by Gasteiger charge is -2.19. The van der Waals surface area contributed by atoms with Crippen LogP contribution in [0, 0.1) is 0 Å². The van der Waals surface area contributed by atoms with E-state index in [1.807, 2.05) is 30.5 Å². The smallest absolute Gasteiger partial charge is 0.243 e. The molecule has 0 spiro atoms. The van der Waals surface area contributed by atoms with Gasteiger partial charge in [0.05, 0.1) is 0 Å². The first-order chi connectivity index (χ1) is 10.9. The average Bonchev–Trinajstić information content (AvgIpc) is 2.89. The Bertz CT molecular complexity index is 738. The van der Waals surface area contributed by atoms with Crippen LogP contribution in [0.1, 0.15) is 19.4 Å². The van der Waals surface area contributed by atoms with Gasteiger partial charge < -0.3 is 21.4 Å². The fourth-order valence-electron chi connectivity index (χ4n) is 2.36. The number of fused-ring (bicyclic) bond motifs is 1. The van der Waals surface area contributed by atoms with E-state index in [9.17, 15) is 14.4 Å². The summed E-state index contributed by atoms with van der Waals surface area (Å²) in [7, 11) is 0. The van der Waals surface area contributed by atoms with Gasteiger partial charge in [-0.2, -0.15) is 0 Å². The van der Waals surface area contributed by atoms with E-state index >= 15 is 0 Å². The number of aromatic amines is 1. The molecule has 0 aliphatic carbocycles. The van der Waals surface area contributed by atoms with Crippen LogP contribution in [0.3, 0.4) is 0 Å². The van der Waals surface area contributed by atoms with Crippen molar-refractivity contribution in [3.8, 4) is 0 Å². The molecule has 2 rings (SSSR count). The van der Waals surface area contributed by atoms with Gasteiger partial charge in [-0.05, 0) is 18.6 Å². The molecule has 2 aromatic rings. The van der Waals surface area contributed by atoms with E-state index in [-0.39, 0.29) is 5.91 Å². The first-order valence-corrected chi connectivity index (χ1v) is 7.30. The number of nitrogens with one attached hydrogen (secondary N) is 3. The third-order valence-corrected chi connectivity index (χ3v) is 3.58. The third kappa shape index (κ3) is 4.09. The molecule has 0 unspecified atom stereocenters.